The quantitative estimate of drug-likeness (QED) is 0.612. The van der Waals surface area contributed by atoms with Crippen LogP contribution >= 0.6 is 0 Å². The third kappa shape index (κ3) is 5.03. The van der Waals surface area contributed by atoms with Gasteiger partial charge in [0.15, 0.2) is 5.78 Å². The highest BCUT2D eigenvalue weighted by molar-refractivity contribution is 6.00. The third-order valence-electron chi connectivity index (χ3n) is 2.63. The molecule has 0 atom stereocenters. The van der Waals surface area contributed by atoms with Crippen molar-refractivity contribution in [1.29, 1.82) is 0 Å². The van der Waals surface area contributed by atoms with E-state index in [0.29, 0.717) is 11.3 Å². The fraction of sp³-hybridized carbons (Fsp3) is 0.500. The van der Waals surface area contributed by atoms with Gasteiger partial charge >= 0.3 is 5.97 Å². The van der Waals surface area contributed by atoms with Crippen molar-refractivity contribution in [3.05, 3.63) is 29.3 Å². The van der Waals surface area contributed by atoms with Gasteiger partial charge in [0.2, 0.25) is 0 Å². The van der Waals surface area contributed by atoms with Gasteiger partial charge < -0.3 is 9.47 Å². The van der Waals surface area contributed by atoms with Gasteiger partial charge in [-0.3, -0.25) is 9.59 Å². The zero-order chi connectivity index (χ0) is 15.3. The average Bonchev–Trinajstić information content (AvgIpc) is 2.33. The second kappa shape index (κ2) is 6.55. The summed E-state index contributed by atoms with van der Waals surface area (Å²) < 4.78 is 10.4. The summed E-state index contributed by atoms with van der Waals surface area (Å²) >= 11 is 0. The van der Waals surface area contributed by atoms with E-state index >= 15 is 0 Å². The summed E-state index contributed by atoms with van der Waals surface area (Å²) in [7, 11) is 1.52. The van der Waals surface area contributed by atoms with E-state index in [0.717, 1.165) is 5.56 Å². The minimum absolute atomic E-state index is 0.0766. The summed E-state index contributed by atoms with van der Waals surface area (Å²) in [6, 6.07) is 5.41. The number of ether oxygens (including phenoxy) is 2. The van der Waals surface area contributed by atoms with E-state index in [-0.39, 0.29) is 24.6 Å². The number of carbonyl (C=O) groups excluding carboxylic acids is 2. The van der Waals surface area contributed by atoms with Gasteiger partial charge in [0.1, 0.15) is 11.4 Å². The maximum atomic E-state index is 12.2. The molecule has 0 bridgehead atoms. The van der Waals surface area contributed by atoms with Gasteiger partial charge in [-0.05, 0) is 39.8 Å². The van der Waals surface area contributed by atoms with E-state index in [1.165, 1.54) is 7.11 Å². The topological polar surface area (TPSA) is 52.6 Å². The Labute approximate surface area is 120 Å². The molecule has 1 aromatic carbocycles. The van der Waals surface area contributed by atoms with Crippen LogP contribution in [-0.2, 0) is 9.53 Å². The molecule has 0 spiro atoms. The largest absolute Gasteiger partial charge is 0.496 e. The van der Waals surface area contributed by atoms with Crippen LogP contribution in [0, 0.1) is 6.92 Å². The molecule has 110 valence electrons. The zero-order valence-corrected chi connectivity index (χ0v) is 12.8. The molecule has 0 aliphatic rings. The van der Waals surface area contributed by atoms with Gasteiger partial charge in [0, 0.05) is 6.42 Å². The van der Waals surface area contributed by atoms with Gasteiger partial charge in [0.05, 0.1) is 19.1 Å². The first-order valence-corrected chi connectivity index (χ1v) is 6.62. The lowest BCUT2D eigenvalue weighted by atomic mass is 10.0. The molecular formula is C16H22O4. The number of Topliss-reactive ketones (excluding diaryl/α,β-unsaturated/α-hetero) is 1. The van der Waals surface area contributed by atoms with Crippen molar-refractivity contribution >= 4 is 11.8 Å². The van der Waals surface area contributed by atoms with Crippen molar-refractivity contribution in [1.82, 2.24) is 0 Å². The zero-order valence-electron chi connectivity index (χ0n) is 12.8. The number of hydrogen-bond donors (Lipinski definition) is 0. The minimum atomic E-state index is -0.527. The Balaban J connectivity index is 2.68. The Morgan fingerprint density at radius 3 is 2.35 bits per heavy atom. The smallest absolute Gasteiger partial charge is 0.306 e. The second-order valence-corrected chi connectivity index (χ2v) is 5.71. The first-order valence-electron chi connectivity index (χ1n) is 6.62. The fourth-order valence-electron chi connectivity index (χ4n) is 1.78. The van der Waals surface area contributed by atoms with Crippen molar-refractivity contribution in [2.45, 2.75) is 46.1 Å². The number of methoxy groups -OCH3 is 1. The summed E-state index contributed by atoms with van der Waals surface area (Å²) in [5, 5.41) is 0. The average molecular weight is 278 g/mol. The van der Waals surface area contributed by atoms with E-state index in [1.807, 2.05) is 13.0 Å². The molecule has 0 saturated carbocycles. The third-order valence-corrected chi connectivity index (χ3v) is 2.63. The summed E-state index contributed by atoms with van der Waals surface area (Å²) in [4.78, 5) is 23.8. The van der Waals surface area contributed by atoms with Gasteiger partial charge in [-0.25, -0.2) is 0 Å². The highest BCUT2D eigenvalue weighted by Crippen LogP contribution is 2.22. The van der Waals surface area contributed by atoms with Crippen LogP contribution in [0.15, 0.2) is 18.2 Å². The van der Waals surface area contributed by atoms with E-state index in [4.69, 9.17) is 9.47 Å². The number of rotatable bonds is 5. The molecule has 0 aliphatic heterocycles. The standard InChI is InChI=1S/C16H22O4/c1-11-6-8-14(19-5)12(10-11)13(17)7-9-15(18)20-16(2,3)4/h6,8,10H,7,9H2,1-5H3. The van der Waals surface area contributed by atoms with Crippen LogP contribution in [0.1, 0.15) is 49.5 Å². The number of carbonyl (C=O) groups is 2. The van der Waals surface area contributed by atoms with Gasteiger partial charge in [-0.2, -0.15) is 0 Å². The van der Waals surface area contributed by atoms with Crippen LogP contribution in [-0.4, -0.2) is 24.5 Å². The first kappa shape index (κ1) is 16.2. The molecule has 0 amide bonds. The van der Waals surface area contributed by atoms with E-state index in [2.05, 4.69) is 0 Å². The molecule has 0 saturated heterocycles. The predicted octanol–water partition coefficient (Wildman–Crippen LogP) is 3.31. The Hall–Kier alpha value is -1.84. The number of ketones is 1. The maximum Gasteiger partial charge on any atom is 0.306 e. The SMILES string of the molecule is COc1ccc(C)cc1C(=O)CCC(=O)OC(C)(C)C. The molecule has 0 aromatic heterocycles. The normalized spacial score (nSPS) is 11.1. The van der Waals surface area contributed by atoms with Gasteiger partial charge in [-0.1, -0.05) is 11.6 Å². The number of aryl methyl sites for hydroxylation is 1. The van der Waals surface area contributed by atoms with Crippen LogP contribution in [0.2, 0.25) is 0 Å². The van der Waals surface area contributed by atoms with Crippen molar-refractivity contribution in [2.75, 3.05) is 7.11 Å². The summed E-state index contributed by atoms with van der Waals surface area (Å²) in [5.74, 6) is 0.0543. The Bertz CT molecular complexity index is 498. The van der Waals surface area contributed by atoms with Crippen molar-refractivity contribution in [2.24, 2.45) is 0 Å². The lowest BCUT2D eigenvalue weighted by Crippen LogP contribution is -2.24. The lowest BCUT2D eigenvalue weighted by molar-refractivity contribution is -0.154. The predicted molar refractivity (Wildman–Crippen MR) is 77.1 cm³/mol. The first-order chi connectivity index (χ1) is 9.23. The van der Waals surface area contributed by atoms with E-state index in [9.17, 15) is 9.59 Å². The molecule has 0 N–H and O–H groups in total. The maximum absolute atomic E-state index is 12.2. The molecule has 1 aromatic rings. The van der Waals surface area contributed by atoms with Crippen LogP contribution in [0.25, 0.3) is 0 Å². The second-order valence-electron chi connectivity index (χ2n) is 5.71. The Kier molecular flexibility index (Phi) is 5.31. The Morgan fingerprint density at radius 1 is 1.15 bits per heavy atom. The molecular weight excluding hydrogens is 256 g/mol. The summed E-state index contributed by atoms with van der Waals surface area (Å²) in [6.07, 6.45) is 0.196. The fourth-order valence-corrected chi connectivity index (χ4v) is 1.78. The highest BCUT2D eigenvalue weighted by Gasteiger charge is 2.19. The number of esters is 1. The molecule has 1 rings (SSSR count). The van der Waals surface area contributed by atoms with Crippen molar-refractivity contribution < 1.29 is 19.1 Å². The lowest BCUT2D eigenvalue weighted by Gasteiger charge is -2.19. The molecule has 4 nitrogen and oxygen atoms in total. The monoisotopic (exact) mass is 278 g/mol. The van der Waals surface area contributed by atoms with Crippen LogP contribution in [0.4, 0.5) is 0 Å². The molecule has 0 unspecified atom stereocenters. The van der Waals surface area contributed by atoms with Gasteiger partial charge in [0.25, 0.3) is 0 Å². The highest BCUT2D eigenvalue weighted by atomic mass is 16.6. The Morgan fingerprint density at radius 2 is 1.80 bits per heavy atom. The van der Waals surface area contributed by atoms with Crippen LogP contribution < -0.4 is 4.74 Å². The summed E-state index contributed by atoms with van der Waals surface area (Å²) in [5.41, 5.74) is 0.962. The van der Waals surface area contributed by atoms with E-state index < -0.39 is 5.60 Å². The van der Waals surface area contributed by atoms with Crippen molar-refractivity contribution in [3.63, 3.8) is 0 Å². The molecule has 0 fully saturated rings. The minimum Gasteiger partial charge on any atom is -0.496 e. The van der Waals surface area contributed by atoms with Crippen molar-refractivity contribution in [3.8, 4) is 5.75 Å². The number of hydrogen-bond acceptors (Lipinski definition) is 4. The van der Waals surface area contributed by atoms with Crippen LogP contribution in [0.5, 0.6) is 5.75 Å². The van der Waals surface area contributed by atoms with E-state index in [1.54, 1.807) is 32.9 Å². The van der Waals surface area contributed by atoms with Gasteiger partial charge in [-0.15, -0.1) is 0 Å². The number of benzene rings is 1. The molecule has 0 heterocycles. The molecule has 4 heteroatoms. The summed E-state index contributed by atoms with van der Waals surface area (Å²) in [6.45, 7) is 7.31. The molecule has 0 aliphatic carbocycles. The van der Waals surface area contributed by atoms with Crippen LogP contribution in [0.3, 0.4) is 0 Å². The molecule has 20 heavy (non-hydrogen) atoms. The molecule has 0 radical (unpaired) electrons.